The molecule has 1 aromatic carbocycles. The molecule has 0 radical (unpaired) electrons. The summed E-state index contributed by atoms with van der Waals surface area (Å²) in [7, 11) is -3.63. The van der Waals surface area contributed by atoms with E-state index in [0.717, 1.165) is 5.56 Å². The minimum Gasteiger partial charge on any atom is -0.385 e. The summed E-state index contributed by atoms with van der Waals surface area (Å²) in [4.78, 5) is 0. The third-order valence-electron chi connectivity index (χ3n) is 2.60. The van der Waals surface area contributed by atoms with Crippen LogP contribution in [-0.2, 0) is 9.84 Å². The van der Waals surface area contributed by atoms with E-state index in [1.165, 1.54) is 6.92 Å². The largest absolute Gasteiger partial charge is 0.385 e. The lowest BCUT2D eigenvalue weighted by Crippen LogP contribution is -2.34. The third kappa shape index (κ3) is 2.84. The summed E-state index contributed by atoms with van der Waals surface area (Å²) in [6, 6.07) is 6.98. The molecule has 1 rings (SSSR count). The number of aryl methyl sites for hydroxylation is 1. The summed E-state index contributed by atoms with van der Waals surface area (Å²) in [5.41, 5.74) is 1.28. The van der Waals surface area contributed by atoms with E-state index in [1.54, 1.807) is 25.1 Å². The summed E-state index contributed by atoms with van der Waals surface area (Å²) in [6.45, 7) is 3.27. The molecular weight excluding hydrogens is 328 g/mol. The minimum absolute atomic E-state index is 0.148. The molecule has 0 bridgehead atoms. The molecule has 0 aliphatic carbocycles. The molecule has 0 unspecified atom stereocenters. The second-order valence-corrected chi connectivity index (χ2v) is 9.23. The Morgan fingerprint density at radius 3 is 2.47 bits per heavy atom. The molecule has 6 heteroatoms. The number of hydrogen-bond donors (Lipinski definition) is 1. The number of hydrogen-bond acceptors (Lipinski definition) is 3. The van der Waals surface area contributed by atoms with E-state index in [2.05, 4.69) is 15.9 Å². The Hall–Kier alpha value is -0.100. The van der Waals surface area contributed by atoms with E-state index in [4.69, 9.17) is 11.6 Å². The second kappa shape index (κ2) is 5.26. The Morgan fingerprint density at radius 1 is 1.47 bits per heavy atom. The van der Waals surface area contributed by atoms with Crippen LogP contribution < -0.4 is 0 Å². The molecule has 3 nitrogen and oxygen atoms in total. The number of halogens is 2. The van der Waals surface area contributed by atoms with Crippen molar-refractivity contribution in [1.29, 1.82) is 0 Å². The van der Waals surface area contributed by atoms with Crippen molar-refractivity contribution in [3.05, 3.63) is 35.4 Å². The quantitative estimate of drug-likeness (QED) is 0.857. The highest BCUT2D eigenvalue weighted by Gasteiger charge is 2.46. The van der Waals surface area contributed by atoms with Gasteiger partial charge < -0.3 is 5.11 Å². The van der Waals surface area contributed by atoms with Gasteiger partial charge in [0.15, 0.2) is 9.84 Å². The van der Waals surface area contributed by atoms with Crippen molar-refractivity contribution < 1.29 is 13.5 Å². The Morgan fingerprint density at radius 2 is 2.00 bits per heavy atom. The highest BCUT2D eigenvalue weighted by molar-refractivity contribution is 9.12. The fourth-order valence-corrected chi connectivity index (χ4v) is 3.67. The van der Waals surface area contributed by atoms with Crippen LogP contribution in [0.5, 0.6) is 0 Å². The van der Waals surface area contributed by atoms with Gasteiger partial charge in [0, 0.05) is 0 Å². The number of alkyl halides is 2. The van der Waals surface area contributed by atoms with Gasteiger partial charge in [0.2, 0.25) is 3.12 Å². The van der Waals surface area contributed by atoms with Crippen LogP contribution in [0.15, 0.2) is 24.3 Å². The minimum atomic E-state index is -3.63. The van der Waals surface area contributed by atoms with Crippen LogP contribution in [0.1, 0.15) is 24.2 Å². The first-order valence-electron chi connectivity index (χ1n) is 5.07. The number of aliphatic hydroxyl groups excluding tert-OH is 1. The van der Waals surface area contributed by atoms with Gasteiger partial charge in [-0.25, -0.2) is 8.42 Å². The first-order valence-corrected chi connectivity index (χ1v) is 7.90. The van der Waals surface area contributed by atoms with Gasteiger partial charge in [-0.05, 0) is 34.0 Å². The number of rotatable bonds is 4. The van der Waals surface area contributed by atoms with Crippen LogP contribution in [0.2, 0.25) is 0 Å². The predicted molar refractivity (Wildman–Crippen MR) is 73.1 cm³/mol. The van der Waals surface area contributed by atoms with Gasteiger partial charge in [0.1, 0.15) is 6.10 Å². The number of aliphatic hydroxyl groups is 1. The summed E-state index contributed by atoms with van der Waals surface area (Å²) in [5.74, 6) is -0.148. The number of benzene rings is 1. The van der Waals surface area contributed by atoms with Gasteiger partial charge in [-0.15, -0.1) is 0 Å². The highest BCUT2D eigenvalue weighted by atomic mass is 79.9. The zero-order chi connectivity index (χ0) is 13.3. The molecule has 0 aromatic heterocycles. The van der Waals surface area contributed by atoms with Crippen LogP contribution in [-0.4, -0.2) is 22.4 Å². The summed E-state index contributed by atoms with van der Waals surface area (Å²) in [6.07, 6.45) is -1.32. The van der Waals surface area contributed by atoms with Crippen molar-refractivity contribution >= 4 is 37.4 Å². The van der Waals surface area contributed by atoms with Crippen molar-refractivity contribution in [2.45, 2.75) is 23.1 Å². The SMILES string of the molecule is CCS(=O)(=O)[C@](Cl)(Br)[C@H](O)c1ccccc1C. The third-order valence-corrected chi connectivity index (χ3v) is 7.23. The van der Waals surface area contributed by atoms with E-state index in [1.807, 2.05) is 6.07 Å². The molecule has 96 valence electrons. The van der Waals surface area contributed by atoms with Crippen molar-refractivity contribution in [3.8, 4) is 0 Å². The van der Waals surface area contributed by atoms with Crippen LogP contribution >= 0.6 is 27.5 Å². The van der Waals surface area contributed by atoms with E-state index >= 15 is 0 Å². The lowest BCUT2D eigenvalue weighted by atomic mass is 10.0. The normalized spacial score (nSPS) is 17.5. The molecule has 1 N–H and O–H groups in total. The highest BCUT2D eigenvalue weighted by Crippen LogP contribution is 2.43. The zero-order valence-corrected chi connectivity index (χ0v) is 12.7. The van der Waals surface area contributed by atoms with Gasteiger partial charge in [-0.1, -0.05) is 42.8 Å². The monoisotopic (exact) mass is 340 g/mol. The maximum Gasteiger partial charge on any atom is 0.229 e. The van der Waals surface area contributed by atoms with Crippen molar-refractivity contribution in [2.24, 2.45) is 0 Å². The molecule has 2 atom stereocenters. The van der Waals surface area contributed by atoms with Gasteiger partial charge >= 0.3 is 0 Å². The lowest BCUT2D eigenvalue weighted by molar-refractivity contribution is 0.184. The van der Waals surface area contributed by atoms with Gasteiger partial charge in [-0.2, -0.15) is 0 Å². The summed E-state index contributed by atoms with van der Waals surface area (Å²) >= 11 is 8.89. The first kappa shape index (κ1) is 15.0. The topological polar surface area (TPSA) is 54.4 Å². The Labute approximate surface area is 115 Å². The average molecular weight is 342 g/mol. The van der Waals surface area contributed by atoms with E-state index in [-0.39, 0.29) is 5.75 Å². The average Bonchev–Trinajstić information content (AvgIpc) is 2.28. The van der Waals surface area contributed by atoms with E-state index in [9.17, 15) is 13.5 Å². The molecule has 1 aromatic rings. The van der Waals surface area contributed by atoms with Crippen LogP contribution in [0.3, 0.4) is 0 Å². The van der Waals surface area contributed by atoms with Gasteiger partial charge in [0.05, 0.1) is 5.75 Å². The van der Waals surface area contributed by atoms with Crippen LogP contribution in [0.25, 0.3) is 0 Å². The van der Waals surface area contributed by atoms with Gasteiger partial charge in [-0.3, -0.25) is 0 Å². The van der Waals surface area contributed by atoms with E-state index in [0.29, 0.717) is 5.56 Å². The fraction of sp³-hybridized carbons (Fsp3) is 0.455. The van der Waals surface area contributed by atoms with Crippen molar-refractivity contribution in [2.75, 3.05) is 5.75 Å². The fourth-order valence-electron chi connectivity index (χ4n) is 1.44. The smallest absolute Gasteiger partial charge is 0.229 e. The molecule has 0 amide bonds. The predicted octanol–water partition coefficient (Wildman–Crippen LogP) is 2.75. The zero-order valence-electron chi connectivity index (χ0n) is 9.52. The van der Waals surface area contributed by atoms with Gasteiger partial charge in [0.25, 0.3) is 0 Å². The maximum atomic E-state index is 11.8. The lowest BCUT2D eigenvalue weighted by Gasteiger charge is -2.26. The molecule has 0 aliphatic rings. The molecule has 17 heavy (non-hydrogen) atoms. The molecule has 0 saturated heterocycles. The van der Waals surface area contributed by atoms with Crippen molar-refractivity contribution in [1.82, 2.24) is 0 Å². The Balaban J connectivity index is 3.23. The maximum absolute atomic E-state index is 11.8. The molecule has 0 saturated carbocycles. The Bertz CT molecular complexity index is 499. The standard InChI is InChI=1S/C11H14BrClO3S/c1-3-17(15,16)11(12,13)10(14)9-7-5-4-6-8(9)2/h4-7,10,14H,3H2,1-2H3/t10-,11+/m1/s1. The molecule has 0 fully saturated rings. The molecule has 0 spiro atoms. The molecular formula is C11H14BrClO3S. The van der Waals surface area contributed by atoms with Crippen molar-refractivity contribution in [3.63, 3.8) is 0 Å². The van der Waals surface area contributed by atoms with Crippen LogP contribution in [0, 0.1) is 6.92 Å². The van der Waals surface area contributed by atoms with Crippen LogP contribution in [0.4, 0.5) is 0 Å². The summed E-state index contributed by atoms with van der Waals surface area (Å²) in [5, 5.41) is 10.1. The summed E-state index contributed by atoms with van der Waals surface area (Å²) < 4.78 is 21.7. The van der Waals surface area contributed by atoms with E-state index < -0.39 is 19.1 Å². The Kier molecular flexibility index (Phi) is 4.63. The molecule has 0 aliphatic heterocycles. The molecule has 0 heterocycles. The first-order chi connectivity index (χ1) is 7.74. The second-order valence-electron chi connectivity index (χ2n) is 3.72. The number of sulfone groups is 1.